The third-order valence-corrected chi connectivity index (χ3v) is 3.61. The molecule has 2 aromatic rings. The van der Waals surface area contributed by atoms with Crippen molar-refractivity contribution in [2.24, 2.45) is 0 Å². The van der Waals surface area contributed by atoms with Gasteiger partial charge in [0, 0.05) is 37.6 Å². The average Bonchev–Trinajstić information content (AvgIpc) is 2.48. The molecule has 0 aliphatic carbocycles. The fourth-order valence-corrected chi connectivity index (χ4v) is 2.50. The molecule has 5 nitrogen and oxygen atoms in total. The van der Waals surface area contributed by atoms with Crippen molar-refractivity contribution < 1.29 is 0 Å². The molecule has 1 saturated heterocycles. The van der Waals surface area contributed by atoms with Crippen molar-refractivity contribution in [3.8, 4) is 0 Å². The second kappa shape index (κ2) is 9.55. The molecule has 3 rings (SSSR count). The van der Waals surface area contributed by atoms with Gasteiger partial charge in [-0.3, -0.25) is 0 Å². The number of benzene rings is 1. The van der Waals surface area contributed by atoms with Crippen molar-refractivity contribution in [3.63, 3.8) is 0 Å². The lowest BCUT2D eigenvalue weighted by molar-refractivity contribution is 0.647. The first-order valence-corrected chi connectivity index (χ1v) is 6.79. The molecule has 0 amide bonds. The van der Waals surface area contributed by atoms with Gasteiger partial charge in [0.2, 0.25) is 0 Å². The summed E-state index contributed by atoms with van der Waals surface area (Å²) in [5.74, 6) is 0.992. The van der Waals surface area contributed by atoms with Crippen LogP contribution in [0.15, 0.2) is 42.6 Å². The molecule has 1 fully saturated rings. The molecule has 4 N–H and O–H groups in total. The number of hydrogen-bond acceptors (Lipinski definition) is 5. The average molecular weight is 379 g/mol. The molecule has 1 aliphatic rings. The van der Waals surface area contributed by atoms with Crippen LogP contribution in [0.3, 0.4) is 0 Å². The Morgan fingerprint density at radius 1 is 0.783 bits per heavy atom. The monoisotopic (exact) mass is 377 g/mol. The smallest absolute Gasteiger partial charge is 0.128 e. The summed E-state index contributed by atoms with van der Waals surface area (Å²) in [4.78, 5) is 9.01. The molecule has 0 spiro atoms. The van der Waals surface area contributed by atoms with Crippen LogP contribution in [-0.2, 0) is 0 Å². The highest BCUT2D eigenvalue weighted by atomic mass is 35.5. The Balaban J connectivity index is 0.00000161. The number of nitrogens with two attached hydrogens (primary N) is 2. The van der Waals surface area contributed by atoms with Crippen molar-refractivity contribution in [1.29, 1.82) is 0 Å². The van der Waals surface area contributed by atoms with E-state index in [2.05, 4.69) is 20.9 Å². The standard InChI is InChI=1S/C15H19N5.3ClH/c16-12-2-1-3-14(10-12)19-6-8-20(9-7-19)15-5-4-13(17)11-18-15;;;/h1-5,10-11H,6-9,16-17H2;3*1H. The van der Waals surface area contributed by atoms with Gasteiger partial charge in [-0.05, 0) is 30.3 Å². The van der Waals surface area contributed by atoms with Crippen LogP contribution in [0.2, 0.25) is 0 Å². The van der Waals surface area contributed by atoms with Crippen LogP contribution in [-0.4, -0.2) is 31.2 Å². The van der Waals surface area contributed by atoms with E-state index in [1.54, 1.807) is 6.20 Å². The van der Waals surface area contributed by atoms with Crippen LogP contribution < -0.4 is 21.3 Å². The quantitative estimate of drug-likeness (QED) is 0.786. The van der Waals surface area contributed by atoms with Gasteiger partial charge in [-0.25, -0.2) is 4.98 Å². The van der Waals surface area contributed by atoms with E-state index in [-0.39, 0.29) is 37.2 Å². The SMILES string of the molecule is Cl.Cl.Cl.Nc1ccc(N2CCN(c3cccc(N)c3)CC2)nc1. The summed E-state index contributed by atoms with van der Waals surface area (Å²) in [6, 6.07) is 11.9. The van der Waals surface area contributed by atoms with Crippen LogP contribution in [0.5, 0.6) is 0 Å². The molecule has 2 heterocycles. The minimum Gasteiger partial charge on any atom is -0.399 e. The first-order valence-electron chi connectivity index (χ1n) is 6.79. The number of pyridine rings is 1. The number of hydrogen-bond donors (Lipinski definition) is 2. The van der Waals surface area contributed by atoms with Gasteiger partial charge in [-0.2, -0.15) is 0 Å². The number of anilines is 4. The van der Waals surface area contributed by atoms with Gasteiger partial charge in [-0.15, -0.1) is 37.2 Å². The molecular weight excluding hydrogens is 357 g/mol. The van der Waals surface area contributed by atoms with E-state index >= 15 is 0 Å². The number of nitrogen functional groups attached to an aromatic ring is 2. The van der Waals surface area contributed by atoms with Gasteiger partial charge in [0.1, 0.15) is 5.82 Å². The summed E-state index contributed by atoms with van der Waals surface area (Å²) in [6.45, 7) is 3.84. The normalized spacial score (nSPS) is 13.4. The Morgan fingerprint density at radius 2 is 1.43 bits per heavy atom. The molecule has 23 heavy (non-hydrogen) atoms. The van der Waals surface area contributed by atoms with E-state index in [0.29, 0.717) is 5.69 Å². The van der Waals surface area contributed by atoms with Crippen molar-refractivity contribution in [3.05, 3.63) is 42.6 Å². The van der Waals surface area contributed by atoms with E-state index in [9.17, 15) is 0 Å². The molecule has 1 aliphatic heterocycles. The Labute approximate surface area is 155 Å². The lowest BCUT2D eigenvalue weighted by Gasteiger charge is -2.36. The van der Waals surface area contributed by atoms with Crippen LogP contribution in [0, 0.1) is 0 Å². The largest absolute Gasteiger partial charge is 0.399 e. The highest BCUT2D eigenvalue weighted by Gasteiger charge is 2.18. The summed E-state index contributed by atoms with van der Waals surface area (Å²) in [7, 11) is 0. The Morgan fingerprint density at radius 3 is 2.00 bits per heavy atom. The Kier molecular flexibility index (Phi) is 8.90. The van der Waals surface area contributed by atoms with Crippen LogP contribution in [0.1, 0.15) is 0 Å². The molecule has 1 aromatic heterocycles. The number of rotatable bonds is 2. The van der Waals surface area contributed by atoms with E-state index in [1.165, 1.54) is 5.69 Å². The molecule has 0 radical (unpaired) electrons. The fraction of sp³-hybridized carbons (Fsp3) is 0.267. The fourth-order valence-electron chi connectivity index (χ4n) is 2.50. The number of nitrogens with zero attached hydrogens (tertiary/aromatic N) is 3. The molecule has 0 unspecified atom stereocenters. The predicted molar refractivity (Wildman–Crippen MR) is 106 cm³/mol. The van der Waals surface area contributed by atoms with E-state index in [4.69, 9.17) is 11.5 Å². The van der Waals surface area contributed by atoms with E-state index < -0.39 is 0 Å². The van der Waals surface area contributed by atoms with Crippen LogP contribution in [0.25, 0.3) is 0 Å². The Bertz CT molecular complexity index is 586. The third kappa shape index (κ3) is 5.23. The van der Waals surface area contributed by atoms with Crippen LogP contribution >= 0.6 is 37.2 Å². The highest BCUT2D eigenvalue weighted by Crippen LogP contribution is 2.21. The van der Waals surface area contributed by atoms with Crippen molar-refractivity contribution in [2.45, 2.75) is 0 Å². The minimum atomic E-state index is 0. The minimum absolute atomic E-state index is 0. The molecule has 0 bridgehead atoms. The summed E-state index contributed by atoms with van der Waals surface area (Å²) >= 11 is 0. The third-order valence-electron chi connectivity index (χ3n) is 3.61. The lowest BCUT2D eigenvalue weighted by atomic mass is 10.2. The van der Waals surface area contributed by atoms with Gasteiger partial charge in [0.25, 0.3) is 0 Å². The lowest BCUT2D eigenvalue weighted by Crippen LogP contribution is -2.46. The second-order valence-electron chi connectivity index (χ2n) is 5.02. The molecule has 1 aromatic carbocycles. The maximum atomic E-state index is 5.84. The topological polar surface area (TPSA) is 71.4 Å². The zero-order valence-electron chi connectivity index (χ0n) is 12.6. The maximum absolute atomic E-state index is 5.84. The predicted octanol–water partition coefficient (Wildman–Crippen LogP) is 2.84. The van der Waals surface area contributed by atoms with Crippen molar-refractivity contribution in [2.75, 3.05) is 47.4 Å². The molecule has 0 atom stereocenters. The molecule has 128 valence electrons. The summed E-state index contributed by atoms with van der Waals surface area (Å²) in [6.07, 6.45) is 1.71. The number of aromatic nitrogens is 1. The van der Waals surface area contributed by atoms with Crippen molar-refractivity contribution in [1.82, 2.24) is 4.98 Å². The van der Waals surface area contributed by atoms with Crippen LogP contribution in [0.4, 0.5) is 22.9 Å². The van der Waals surface area contributed by atoms with Gasteiger partial charge in [0.15, 0.2) is 0 Å². The van der Waals surface area contributed by atoms with E-state index in [1.807, 2.05) is 30.3 Å². The van der Waals surface area contributed by atoms with Gasteiger partial charge >= 0.3 is 0 Å². The zero-order chi connectivity index (χ0) is 13.9. The molecule has 0 saturated carbocycles. The Hall–Kier alpha value is -1.56. The maximum Gasteiger partial charge on any atom is 0.128 e. The van der Waals surface area contributed by atoms with Crippen molar-refractivity contribution >= 4 is 60.1 Å². The first kappa shape index (κ1) is 21.4. The summed E-state index contributed by atoms with van der Waals surface area (Å²) < 4.78 is 0. The zero-order valence-corrected chi connectivity index (χ0v) is 15.0. The summed E-state index contributed by atoms with van der Waals surface area (Å²) in [5.41, 5.74) is 14.2. The summed E-state index contributed by atoms with van der Waals surface area (Å²) in [5, 5.41) is 0. The van der Waals surface area contributed by atoms with E-state index in [0.717, 1.165) is 37.7 Å². The molecule has 8 heteroatoms. The molecular formula is C15H22Cl3N5. The highest BCUT2D eigenvalue weighted by molar-refractivity contribution is 5.86. The van der Waals surface area contributed by atoms with Gasteiger partial charge < -0.3 is 21.3 Å². The number of piperazine rings is 1. The van der Waals surface area contributed by atoms with Gasteiger partial charge in [0.05, 0.1) is 11.9 Å². The first-order chi connectivity index (χ1) is 9.72. The second-order valence-corrected chi connectivity index (χ2v) is 5.02. The van der Waals surface area contributed by atoms with Gasteiger partial charge in [-0.1, -0.05) is 6.07 Å². The number of halogens is 3.